The number of nitrogens with one attached hydrogen (secondary N) is 1. The van der Waals surface area contributed by atoms with E-state index in [0.717, 1.165) is 0 Å². The molecule has 0 aliphatic heterocycles. The normalized spacial score (nSPS) is 12.2. The van der Waals surface area contributed by atoms with Gasteiger partial charge < -0.3 is 20.9 Å². The van der Waals surface area contributed by atoms with Gasteiger partial charge in [0, 0.05) is 19.9 Å². The number of rotatable bonds is 7. The van der Waals surface area contributed by atoms with Crippen molar-refractivity contribution in [3.8, 4) is 0 Å². The van der Waals surface area contributed by atoms with Crippen LogP contribution in [-0.4, -0.2) is 42.4 Å². The number of aliphatic hydroxyl groups is 1. The molecule has 1 aromatic heterocycles. The van der Waals surface area contributed by atoms with Gasteiger partial charge in [-0.15, -0.1) is 0 Å². The Hall–Kier alpha value is -1.37. The summed E-state index contributed by atoms with van der Waals surface area (Å²) in [4.78, 5) is 14.9. The van der Waals surface area contributed by atoms with E-state index in [-0.39, 0.29) is 12.2 Å². The zero-order valence-corrected chi connectivity index (χ0v) is 10.8. The lowest BCUT2D eigenvalue weighted by molar-refractivity contribution is 0.0615. The second-order valence-electron chi connectivity index (χ2n) is 3.74. The Bertz CT molecular complexity index is 415. The Kier molecular flexibility index (Phi) is 5.84. The van der Waals surface area contributed by atoms with Gasteiger partial charge in [0.05, 0.1) is 23.3 Å². The number of nitrogens with zero attached hydrogens (tertiary/aromatic N) is 1. The first-order valence-corrected chi connectivity index (χ1v) is 5.78. The van der Waals surface area contributed by atoms with Crippen LogP contribution in [0, 0.1) is 0 Å². The highest BCUT2D eigenvalue weighted by Crippen LogP contribution is 2.19. The highest BCUT2D eigenvalue weighted by Gasteiger charge is 2.08. The summed E-state index contributed by atoms with van der Waals surface area (Å²) in [5.41, 5.74) is 5.36. The van der Waals surface area contributed by atoms with Gasteiger partial charge in [0.25, 0.3) is 0 Å². The van der Waals surface area contributed by atoms with Gasteiger partial charge in [0.15, 0.2) is 0 Å². The molecule has 0 aromatic carbocycles. The topological polar surface area (TPSA) is 97.5 Å². The van der Waals surface area contributed by atoms with E-state index in [0.29, 0.717) is 23.8 Å². The fourth-order valence-corrected chi connectivity index (χ4v) is 1.57. The second kappa shape index (κ2) is 7.15. The Labute approximate surface area is 110 Å². The zero-order valence-electron chi connectivity index (χ0n) is 10.0. The molecule has 0 bridgehead atoms. The number of anilines is 1. The number of primary amides is 1. The molecular formula is C11H16ClN3O3. The number of aliphatic hydroxyl groups excluding tert-OH is 1. The molecule has 1 amide bonds. The minimum absolute atomic E-state index is 0.255. The van der Waals surface area contributed by atoms with Gasteiger partial charge in [0.1, 0.15) is 5.82 Å². The smallest absolute Gasteiger partial charge is 0.250 e. The minimum atomic E-state index is -0.577. The Balaban J connectivity index is 2.50. The zero-order chi connectivity index (χ0) is 13.5. The highest BCUT2D eigenvalue weighted by atomic mass is 35.5. The van der Waals surface area contributed by atoms with Gasteiger partial charge in [-0.1, -0.05) is 11.6 Å². The van der Waals surface area contributed by atoms with E-state index in [9.17, 15) is 9.90 Å². The lowest BCUT2D eigenvalue weighted by Crippen LogP contribution is -2.19. The molecule has 4 N–H and O–H groups in total. The van der Waals surface area contributed by atoms with Crippen LogP contribution in [0.1, 0.15) is 16.8 Å². The monoisotopic (exact) mass is 273 g/mol. The number of carbonyl (C=O) groups is 1. The lowest BCUT2D eigenvalue weighted by atomic mass is 10.2. The van der Waals surface area contributed by atoms with E-state index >= 15 is 0 Å². The van der Waals surface area contributed by atoms with Crippen LogP contribution in [0.25, 0.3) is 0 Å². The largest absolute Gasteiger partial charge is 0.391 e. The lowest BCUT2D eigenvalue weighted by Gasteiger charge is -2.11. The molecule has 1 heterocycles. The maximum atomic E-state index is 10.9. The number of ether oxygens (including phenoxy) is 1. The summed E-state index contributed by atoms with van der Waals surface area (Å²) >= 11 is 5.93. The van der Waals surface area contributed by atoms with Gasteiger partial charge in [0.2, 0.25) is 5.91 Å². The summed E-state index contributed by atoms with van der Waals surface area (Å²) in [6.07, 6.45) is 1.32. The van der Waals surface area contributed by atoms with Gasteiger partial charge in [-0.05, 0) is 12.5 Å². The molecule has 6 nitrogen and oxygen atoms in total. The molecule has 7 heteroatoms. The number of amides is 1. The first-order chi connectivity index (χ1) is 8.54. The maximum absolute atomic E-state index is 10.9. The molecule has 0 radical (unpaired) electrons. The third-order valence-corrected chi connectivity index (χ3v) is 2.54. The summed E-state index contributed by atoms with van der Waals surface area (Å²) in [5, 5.41) is 12.7. The van der Waals surface area contributed by atoms with Crippen molar-refractivity contribution < 1.29 is 14.6 Å². The second-order valence-corrected chi connectivity index (χ2v) is 4.15. The van der Waals surface area contributed by atoms with Crippen molar-refractivity contribution in [2.45, 2.75) is 12.5 Å². The summed E-state index contributed by atoms with van der Waals surface area (Å²) in [5.74, 6) is -0.127. The predicted molar refractivity (Wildman–Crippen MR) is 68.8 cm³/mol. The van der Waals surface area contributed by atoms with Crippen LogP contribution in [0.5, 0.6) is 0 Å². The van der Waals surface area contributed by atoms with E-state index in [1.165, 1.54) is 19.4 Å². The third-order valence-electron chi connectivity index (χ3n) is 2.25. The molecule has 0 spiro atoms. The van der Waals surface area contributed by atoms with E-state index in [2.05, 4.69) is 10.3 Å². The van der Waals surface area contributed by atoms with Crippen molar-refractivity contribution in [2.75, 3.05) is 25.6 Å². The Morgan fingerprint density at radius 3 is 3.00 bits per heavy atom. The molecule has 0 aliphatic rings. The summed E-state index contributed by atoms with van der Waals surface area (Å²) in [7, 11) is 1.53. The average Bonchev–Trinajstić information content (AvgIpc) is 2.31. The maximum Gasteiger partial charge on any atom is 0.250 e. The summed E-state index contributed by atoms with van der Waals surface area (Å²) in [6.45, 7) is 0.774. The van der Waals surface area contributed by atoms with Crippen molar-refractivity contribution in [2.24, 2.45) is 5.73 Å². The van der Waals surface area contributed by atoms with Crippen molar-refractivity contribution in [3.05, 3.63) is 22.8 Å². The molecule has 1 rings (SSSR count). The van der Waals surface area contributed by atoms with Gasteiger partial charge in [-0.2, -0.15) is 0 Å². The van der Waals surface area contributed by atoms with E-state index in [1.54, 1.807) is 0 Å². The molecule has 18 heavy (non-hydrogen) atoms. The SMILES string of the molecule is COCC(O)CCNc1ncc(C(N)=O)cc1Cl. The minimum Gasteiger partial charge on any atom is -0.391 e. The van der Waals surface area contributed by atoms with Crippen LogP contribution in [0.2, 0.25) is 5.02 Å². The van der Waals surface area contributed by atoms with Crippen LogP contribution in [0.15, 0.2) is 12.3 Å². The molecular weight excluding hydrogens is 258 g/mol. The Morgan fingerprint density at radius 2 is 2.44 bits per heavy atom. The van der Waals surface area contributed by atoms with Crippen LogP contribution in [0.3, 0.4) is 0 Å². The van der Waals surface area contributed by atoms with E-state index in [4.69, 9.17) is 22.1 Å². The standard InChI is InChI=1S/C11H16ClN3O3/c1-18-6-8(16)2-3-14-11-9(12)4-7(5-15-11)10(13)17/h4-5,8,16H,2-3,6H2,1H3,(H2,13,17)(H,14,15). The number of hydrogen-bond donors (Lipinski definition) is 3. The highest BCUT2D eigenvalue weighted by molar-refractivity contribution is 6.33. The fraction of sp³-hybridized carbons (Fsp3) is 0.455. The molecule has 1 unspecified atom stereocenters. The van der Waals surface area contributed by atoms with E-state index in [1.807, 2.05) is 0 Å². The molecule has 0 saturated carbocycles. The summed E-state index contributed by atoms with van der Waals surface area (Å²) in [6, 6.07) is 1.45. The van der Waals surface area contributed by atoms with Gasteiger partial charge >= 0.3 is 0 Å². The van der Waals surface area contributed by atoms with Gasteiger partial charge in [-0.25, -0.2) is 4.98 Å². The number of nitrogens with two attached hydrogens (primary N) is 1. The van der Waals surface area contributed by atoms with Crippen molar-refractivity contribution in [1.82, 2.24) is 4.98 Å². The van der Waals surface area contributed by atoms with Crippen LogP contribution in [-0.2, 0) is 4.74 Å². The average molecular weight is 274 g/mol. The molecule has 1 atom stereocenters. The number of aromatic nitrogens is 1. The Morgan fingerprint density at radius 1 is 1.72 bits per heavy atom. The van der Waals surface area contributed by atoms with Crippen LogP contribution < -0.4 is 11.1 Å². The predicted octanol–water partition coefficient (Wildman–Crippen LogP) is 0.643. The molecule has 0 saturated heterocycles. The van der Waals surface area contributed by atoms with Gasteiger partial charge in [-0.3, -0.25) is 4.79 Å². The number of methoxy groups -OCH3 is 1. The first kappa shape index (κ1) is 14.7. The van der Waals surface area contributed by atoms with Crippen LogP contribution in [0.4, 0.5) is 5.82 Å². The quantitative estimate of drug-likeness (QED) is 0.677. The molecule has 0 fully saturated rings. The fourth-order valence-electron chi connectivity index (χ4n) is 1.34. The molecule has 1 aromatic rings. The number of halogens is 1. The summed E-state index contributed by atoms with van der Waals surface area (Å²) < 4.78 is 4.80. The van der Waals surface area contributed by atoms with Crippen molar-refractivity contribution in [3.63, 3.8) is 0 Å². The number of carbonyl (C=O) groups excluding carboxylic acids is 1. The van der Waals surface area contributed by atoms with Crippen molar-refractivity contribution in [1.29, 1.82) is 0 Å². The molecule has 100 valence electrons. The van der Waals surface area contributed by atoms with Crippen molar-refractivity contribution >= 4 is 23.3 Å². The molecule has 0 aliphatic carbocycles. The van der Waals surface area contributed by atoms with Crippen LogP contribution >= 0.6 is 11.6 Å². The number of pyridine rings is 1. The number of hydrogen-bond acceptors (Lipinski definition) is 5. The van der Waals surface area contributed by atoms with E-state index < -0.39 is 12.0 Å². The first-order valence-electron chi connectivity index (χ1n) is 5.40. The third kappa shape index (κ3) is 4.48.